The molecule has 5 aliphatic heterocycles. The first-order valence-corrected chi connectivity index (χ1v) is 12.1. The summed E-state index contributed by atoms with van der Waals surface area (Å²) in [5, 5.41) is 41.5. The van der Waals surface area contributed by atoms with Crippen molar-refractivity contribution in [2.24, 2.45) is 11.8 Å². The second-order valence-electron chi connectivity index (χ2n) is 9.14. The van der Waals surface area contributed by atoms with Crippen LogP contribution in [0, 0.1) is 11.8 Å². The summed E-state index contributed by atoms with van der Waals surface area (Å²) < 4.78 is 0. The molecule has 5 heterocycles. The van der Waals surface area contributed by atoms with Crippen molar-refractivity contribution in [3.05, 3.63) is 0 Å². The summed E-state index contributed by atoms with van der Waals surface area (Å²) >= 11 is 0. The van der Waals surface area contributed by atoms with Crippen LogP contribution in [0.4, 0.5) is 0 Å². The fourth-order valence-corrected chi connectivity index (χ4v) is 10.2. The molecule has 0 aromatic carbocycles. The molecule has 162 valence electrons. The zero-order valence-electron chi connectivity index (χ0n) is 15.6. The van der Waals surface area contributed by atoms with Gasteiger partial charge in [-0.1, -0.05) is 21.6 Å². The number of piperazine rings is 1. The lowest BCUT2D eigenvalue weighted by Crippen LogP contribution is -2.78. The van der Waals surface area contributed by atoms with E-state index in [0.29, 0.717) is 0 Å². The number of nitrogens with zero attached hydrogens (tertiary/aromatic N) is 2. The zero-order chi connectivity index (χ0) is 21.3. The Hall–Kier alpha value is -1.18. The lowest BCUT2D eigenvalue weighted by molar-refractivity contribution is -0.176. The number of aliphatic hydroxyl groups is 4. The predicted molar refractivity (Wildman–Crippen MR) is 101 cm³/mol. The van der Waals surface area contributed by atoms with Crippen molar-refractivity contribution in [1.29, 1.82) is 0 Å². The lowest BCUT2D eigenvalue weighted by atomic mass is 9.79. The molecule has 0 unspecified atom stereocenters. The first-order valence-electron chi connectivity index (χ1n) is 9.96. The summed E-state index contributed by atoms with van der Waals surface area (Å²) in [4.78, 5) is 52.5. The van der Waals surface area contributed by atoms with Crippen molar-refractivity contribution in [2.45, 2.75) is 71.9 Å². The summed E-state index contributed by atoms with van der Waals surface area (Å²) in [6.07, 6.45) is -5.76. The number of Topliss-reactive ketones (excluding diaryl/α,β-unsaturated/α-hetero) is 2. The molecule has 7 rings (SSSR count). The Morgan fingerprint density at radius 3 is 1.43 bits per heavy atom. The van der Waals surface area contributed by atoms with Crippen LogP contribution in [-0.4, -0.2) is 99.8 Å². The average Bonchev–Trinajstić information content (AvgIpc) is 3.24. The highest BCUT2D eigenvalue weighted by Gasteiger charge is 2.80. The van der Waals surface area contributed by atoms with Crippen molar-refractivity contribution in [1.82, 2.24) is 9.80 Å². The predicted octanol–water partition coefficient (Wildman–Crippen LogP) is -2.39. The minimum atomic E-state index is -1.44. The molecule has 0 radical (unpaired) electrons. The number of carbonyl (C=O) groups is 4. The molecular weight excluding hydrogens is 436 g/mol. The molecule has 2 spiro atoms. The van der Waals surface area contributed by atoms with Gasteiger partial charge in [0.1, 0.15) is 23.8 Å². The van der Waals surface area contributed by atoms with Gasteiger partial charge in [0, 0.05) is 37.5 Å². The van der Waals surface area contributed by atoms with Crippen LogP contribution in [0.5, 0.6) is 0 Å². The normalized spacial score (nSPS) is 54.3. The number of aliphatic hydroxyl groups excluding tert-OH is 4. The molecule has 7 aliphatic rings. The second-order valence-corrected chi connectivity index (χ2v) is 11.8. The number of hydrogen-bond acceptors (Lipinski definition) is 10. The second kappa shape index (κ2) is 5.78. The fraction of sp³-hybridized carbons (Fsp3) is 0.778. The summed E-state index contributed by atoms with van der Waals surface area (Å²) in [6, 6.07) is -2.00. The van der Waals surface area contributed by atoms with E-state index in [1.54, 1.807) is 0 Å². The molecular formula is C18H20N2O8S2. The Morgan fingerprint density at radius 1 is 0.700 bits per heavy atom. The first-order chi connectivity index (χ1) is 14.1. The van der Waals surface area contributed by atoms with E-state index in [4.69, 9.17) is 0 Å². The topological polar surface area (TPSA) is 156 Å². The number of amides is 2. The molecule has 10 nitrogen and oxygen atoms in total. The summed E-state index contributed by atoms with van der Waals surface area (Å²) in [5.41, 5.74) is 0. The molecule has 7 fully saturated rings. The SMILES string of the molecule is O=C1C[C@H](O)[C@H](O)[C@@H]2[C@H]1C[C@@]13SS[C@]4(C[C@H]5C(=O)C[C@H](O)[C@H](O)[C@H]5N4C1=O)C(=O)N23. The van der Waals surface area contributed by atoms with Crippen LogP contribution in [0.2, 0.25) is 0 Å². The van der Waals surface area contributed by atoms with Crippen LogP contribution >= 0.6 is 21.6 Å². The van der Waals surface area contributed by atoms with Gasteiger partial charge in [0.25, 0.3) is 11.8 Å². The molecule has 2 saturated carbocycles. The zero-order valence-corrected chi connectivity index (χ0v) is 17.2. The number of hydrogen-bond donors (Lipinski definition) is 4. The largest absolute Gasteiger partial charge is 0.390 e. The van der Waals surface area contributed by atoms with Crippen molar-refractivity contribution >= 4 is 45.0 Å². The van der Waals surface area contributed by atoms with E-state index in [-0.39, 0.29) is 37.2 Å². The van der Waals surface area contributed by atoms with Crippen LogP contribution < -0.4 is 0 Å². The highest BCUT2D eigenvalue weighted by Crippen LogP contribution is 2.70. The molecule has 4 N–H and O–H groups in total. The number of rotatable bonds is 0. The average molecular weight is 456 g/mol. The van der Waals surface area contributed by atoms with Crippen LogP contribution in [0.15, 0.2) is 0 Å². The summed E-state index contributed by atoms with van der Waals surface area (Å²) in [7, 11) is 2.32. The Bertz CT molecular complexity index is 845. The third-order valence-electron chi connectivity index (χ3n) is 7.75. The molecule has 30 heavy (non-hydrogen) atoms. The molecule has 12 heteroatoms. The van der Waals surface area contributed by atoms with Crippen molar-refractivity contribution in [2.75, 3.05) is 0 Å². The maximum atomic E-state index is 13.8. The van der Waals surface area contributed by atoms with Crippen molar-refractivity contribution in [3.63, 3.8) is 0 Å². The van der Waals surface area contributed by atoms with E-state index in [1.807, 2.05) is 0 Å². The Morgan fingerprint density at radius 2 is 1.07 bits per heavy atom. The van der Waals surface area contributed by atoms with Crippen LogP contribution in [0.3, 0.4) is 0 Å². The van der Waals surface area contributed by atoms with E-state index in [0.717, 1.165) is 21.6 Å². The van der Waals surface area contributed by atoms with Crippen LogP contribution in [0.1, 0.15) is 25.7 Å². The van der Waals surface area contributed by atoms with Gasteiger partial charge in [0.15, 0.2) is 9.74 Å². The molecule has 10 atom stereocenters. The molecule has 2 aliphatic carbocycles. The van der Waals surface area contributed by atoms with E-state index >= 15 is 0 Å². The van der Waals surface area contributed by atoms with Crippen molar-refractivity contribution in [3.8, 4) is 0 Å². The van der Waals surface area contributed by atoms with Gasteiger partial charge in [-0.2, -0.15) is 0 Å². The molecule has 5 saturated heterocycles. The van der Waals surface area contributed by atoms with E-state index < -0.39 is 69.9 Å². The third kappa shape index (κ3) is 1.95. The van der Waals surface area contributed by atoms with Gasteiger partial charge in [0.05, 0.1) is 24.3 Å². The molecule has 2 bridgehead atoms. The summed E-state index contributed by atoms with van der Waals surface area (Å²) in [6.45, 7) is 0. The summed E-state index contributed by atoms with van der Waals surface area (Å²) in [5.74, 6) is -3.09. The van der Waals surface area contributed by atoms with Crippen LogP contribution in [0.25, 0.3) is 0 Å². The first kappa shape index (κ1) is 19.5. The van der Waals surface area contributed by atoms with Gasteiger partial charge in [-0.3, -0.25) is 19.2 Å². The maximum Gasteiger partial charge on any atom is 0.261 e. The number of ketones is 2. The van der Waals surface area contributed by atoms with Gasteiger partial charge >= 0.3 is 0 Å². The highest BCUT2D eigenvalue weighted by molar-refractivity contribution is 8.78. The van der Waals surface area contributed by atoms with E-state index in [2.05, 4.69) is 0 Å². The fourth-order valence-electron chi connectivity index (χ4n) is 6.39. The van der Waals surface area contributed by atoms with Gasteiger partial charge in [-0.25, -0.2) is 0 Å². The van der Waals surface area contributed by atoms with E-state index in [9.17, 15) is 39.6 Å². The Balaban J connectivity index is 1.49. The third-order valence-corrected chi connectivity index (χ3v) is 11.4. The van der Waals surface area contributed by atoms with Crippen LogP contribution in [-0.2, 0) is 19.2 Å². The minimum Gasteiger partial charge on any atom is -0.390 e. The number of carbonyl (C=O) groups excluding carboxylic acids is 4. The van der Waals surface area contributed by atoms with Gasteiger partial charge < -0.3 is 30.2 Å². The minimum absolute atomic E-state index is 0.0130. The highest BCUT2D eigenvalue weighted by atomic mass is 33.1. The standard InChI is InChI=1S/C18H20N2O8S2/c21-7-1-9(23)13(25)11-5(7)3-17-15(27)20-12-6(8(22)2-10(24)14(12)26)4-18(20,30-29-17)16(28)19(11)17/h5-6,9-14,23-26H,1-4H2/t5-,6-,9-,10-,11-,12-,13-,14-,17+,18+/m0/s1. The van der Waals surface area contributed by atoms with Crippen molar-refractivity contribution < 1.29 is 39.6 Å². The Labute approximate surface area is 178 Å². The quantitative estimate of drug-likeness (QED) is 0.290. The van der Waals surface area contributed by atoms with Gasteiger partial charge in [0.2, 0.25) is 0 Å². The van der Waals surface area contributed by atoms with Gasteiger partial charge in [-0.15, -0.1) is 0 Å². The van der Waals surface area contributed by atoms with E-state index in [1.165, 1.54) is 9.80 Å². The molecule has 0 aromatic heterocycles. The molecule has 2 amide bonds. The smallest absolute Gasteiger partial charge is 0.261 e. The lowest BCUT2D eigenvalue weighted by Gasteiger charge is -2.59. The maximum absolute atomic E-state index is 13.8. The Kier molecular flexibility index (Phi) is 3.76. The number of fused-ring (bicyclic) bond motifs is 3. The monoisotopic (exact) mass is 456 g/mol. The molecule has 0 aromatic rings. The van der Waals surface area contributed by atoms with Gasteiger partial charge in [-0.05, 0) is 0 Å².